The van der Waals surface area contributed by atoms with Gasteiger partial charge in [0.05, 0.1) is 5.54 Å². The fourth-order valence-corrected chi connectivity index (χ4v) is 2.84. The molecule has 2 heterocycles. The van der Waals surface area contributed by atoms with E-state index in [0.717, 1.165) is 6.20 Å². The minimum Gasteiger partial charge on any atom is -0.465 e. The number of nitrogens with one attached hydrogen (secondary N) is 2. The average molecular weight is 333 g/mol. The zero-order chi connectivity index (χ0) is 17.3. The van der Waals surface area contributed by atoms with Crippen LogP contribution in [0.4, 0.5) is 23.8 Å². The first kappa shape index (κ1) is 17.3. The van der Waals surface area contributed by atoms with Crippen molar-refractivity contribution in [3.63, 3.8) is 0 Å². The zero-order valence-electron chi connectivity index (χ0n) is 12.4. The van der Waals surface area contributed by atoms with Gasteiger partial charge in [-0.15, -0.1) is 0 Å². The van der Waals surface area contributed by atoms with Crippen LogP contribution in [-0.2, 0) is 0 Å². The predicted molar refractivity (Wildman–Crippen MR) is 76.6 cm³/mol. The fraction of sp³-hybridized carbons (Fsp3) is 0.538. The lowest BCUT2D eigenvalue weighted by molar-refractivity contribution is -0.184. The second kappa shape index (κ2) is 6.20. The summed E-state index contributed by atoms with van der Waals surface area (Å²) in [6, 6.07) is 0.818. The fourth-order valence-electron chi connectivity index (χ4n) is 2.84. The number of carbonyl (C=O) groups is 1. The molecule has 1 saturated heterocycles. The smallest absolute Gasteiger partial charge is 0.408 e. The van der Waals surface area contributed by atoms with E-state index in [0.29, 0.717) is 6.42 Å². The van der Waals surface area contributed by atoms with E-state index < -0.39 is 23.9 Å². The Bertz CT molecular complexity index is 566. The Labute approximate surface area is 130 Å². The molecule has 128 valence electrons. The SMILES string of the molecule is CC1(NC(=O)O)CCN([C@@H](c2ccc(NN)nc2)C(F)(F)F)C1. The van der Waals surface area contributed by atoms with Crippen LogP contribution >= 0.6 is 0 Å². The normalized spacial score (nSPS) is 23.5. The van der Waals surface area contributed by atoms with Gasteiger partial charge in [-0.1, -0.05) is 6.07 Å². The molecule has 1 aromatic heterocycles. The van der Waals surface area contributed by atoms with Crippen LogP contribution in [0.2, 0.25) is 0 Å². The molecular formula is C13H18F3N5O2. The number of nitrogens with two attached hydrogens (primary N) is 1. The minimum absolute atomic E-state index is 0.0175. The molecule has 0 aromatic carbocycles. The first-order chi connectivity index (χ1) is 10.6. The summed E-state index contributed by atoms with van der Waals surface area (Å²) in [6.45, 7) is 1.67. The second-order valence-corrected chi connectivity index (χ2v) is 5.78. The monoisotopic (exact) mass is 333 g/mol. The lowest BCUT2D eigenvalue weighted by atomic mass is 10.0. The van der Waals surface area contributed by atoms with Crippen LogP contribution in [0.25, 0.3) is 0 Å². The van der Waals surface area contributed by atoms with Crippen LogP contribution in [0.15, 0.2) is 18.3 Å². The Morgan fingerprint density at radius 1 is 1.52 bits per heavy atom. The molecule has 0 bridgehead atoms. The number of halogens is 3. The van der Waals surface area contributed by atoms with Crippen molar-refractivity contribution >= 4 is 11.9 Å². The third-order valence-corrected chi connectivity index (χ3v) is 3.84. The van der Waals surface area contributed by atoms with Gasteiger partial charge >= 0.3 is 12.3 Å². The summed E-state index contributed by atoms with van der Waals surface area (Å²) in [7, 11) is 0. The third-order valence-electron chi connectivity index (χ3n) is 3.84. The predicted octanol–water partition coefficient (Wildman–Crippen LogP) is 1.70. The molecule has 10 heteroatoms. The summed E-state index contributed by atoms with van der Waals surface area (Å²) in [5.74, 6) is 5.41. The number of likely N-dealkylation sites (tertiary alicyclic amines) is 1. The largest absolute Gasteiger partial charge is 0.465 e. The van der Waals surface area contributed by atoms with Crippen LogP contribution in [0.1, 0.15) is 24.9 Å². The van der Waals surface area contributed by atoms with Crippen molar-refractivity contribution < 1.29 is 23.1 Å². The van der Waals surface area contributed by atoms with Gasteiger partial charge in [0.25, 0.3) is 0 Å². The number of hydrogen-bond donors (Lipinski definition) is 4. The van der Waals surface area contributed by atoms with Crippen molar-refractivity contribution in [3.05, 3.63) is 23.9 Å². The van der Waals surface area contributed by atoms with E-state index in [-0.39, 0.29) is 24.5 Å². The van der Waals surface area contributed by atoms with E-state index in [9.17, 15) is 18.0 Å². The van der Waals surface area contributed by atoms with E-state index in [2.05, 4.69) is 15.7 Å². The molecule has 0 spiro atoms. The maximum Gasteiger partial charge on any atom is 0.408 e. The molecule has 0 radical (unpaired) electrons. The molecule has 2 atom stereocenters. The number of anilines is 1. The molecule has 1 aromatic rings. The number of amides is 1. The quantitative estimate of drug-likeness (QED) is 0.494. The number of carboxylic acid groups (broad SMARTS) is 1. The Kier molecular flexibility index (Phi) is 4.66. The molecule has 1 fully saturated rings. The molecule has 23 heavy (non-hydrogen) atoms. The highest BCUT2D eigenvalue weighted by Crippen LogP contribution is 2.40. The van der Waals surface area contributed by atoms with Gasteiger partial charge < -0.3 is 15.8 Å². The second-order valence-electron chi connectivity index (χ2n) is 5.78. The van der Waals surface area contributed by atoms with E-state index in [1.165, 1.54) is 17.0 Å². The summed E-state index contributed by atoms with van der Waals surface area (Å²) in [5, 5.41) is 11.1. The van der Waals surface area contributed by atoms with Crippen molar-refractivity contribution in [1.29, 1.82) is 0 Å². The van der Waals surface area contributed by atoms with E-state index in [1.54, 1.807) is 6.92 Å². The highest BCUT2D eigenvalue weighted by molar-refractivity contribution is 5.65. The Morgan fingerprint density at radius 2 is 2.22 bits per heavy atom. The van der Waals surface area contributed by atoms with Gasteiger partial charge in [-0.3, -0.25) is 4.90 Å². The van der Waals surface area contributed by atoms with Gasteiger partial charge in [0.2, 0.25) is 0 Å². The topological polar surface area (TPSA) is 104 Å². The lowest BCUT2D eigenvalue weighted by Crippen LogP contribution is -2.48. The Balaban J connectivity index is 2.25. The Morgan fingerprint density at radius 3 is 2.70 bits per heavy atom. The van der Waals surface area contributed by atoms with Crippen molar-refractivity contribution in [2.45, 2.75) is 31.1 Å². The number of hydrogen-bond acceptors (Lipinski definition) is 5. The molecule has 0 aliphatic carbocycles. The zero-order valence-corrected chi connectivity index (χ0v) is 12.4. The molecular weight excluding hydrogens is 315 g/mol. The molecule has 1 amide bonds. The molecule has 0 saturated carbocycles. The first-order valence-electron chi connectivity index (χ1n) is 6.89. The number of alkyl halides is 3. The van der Waals surface area contributed by atoms with Gasteiger partial charge in [0.15, 0.2) is 0 Å². The van der Waals surface area contributed by atoms with E-state index in [1.807, 2.05) is 0 Å². The average Bonchev–Trinajstić information content (AvgIpc) is 2.79. The number of nitrogen functional groups attached to an aromatic ring is 1. The van der Waals surface area contributed by atoms with Gasteiger partial charge in [0, 0.05) is 19.3 Å². The lowest BCUT2D eigenvalue weighted by Gasteiger charge is -2.31. The van der Waals surface area contributed by atoms with Crippen LogP contribution in [-0.4, -0.2) is 45.9 Å². The summed E-state index contributed by atoms with van der Waals surface area (Å²) in [4.78, 5) is 15.8. The highest BCUT2D eigenvalue weighted by atomic mass is 19.4. The Hall–Kier alpha value is -2.07. The van der Waals surface area contributed by atoms with E-state index >= 15 is 0 Å². The summed E-state index contributed by atoms with van der Waals surface area (Å²) in [5.41, 5.74) is 1.32. The van der Waals surface area contributed by atoms with Gasteiger partial charge in [-0.25, -0.2) is 15.6 Å². The first-order valence-corrected chi connectivity index (χ1v) is 6.89. The van der Waals surface area contributed by atoms with Gasteiger partial charge in [-0.05, 0) is 25.0 Å². The standard InChI is InChI=1S/C13H18F3N5O2/c1-12(19-11(22)23)4-5-21(7-12)10(13(14,15)16)8-2-3-9(20-17)18-6-8/h2-3,6,10,19H,4-5,7,17H2,1H3,(H,18,20)(H,22,23)/t10-,12?/m0/s1. The number of aromatic nitrogens is 1. The summed E-state index contributed by atoms with van der Waals surface area (Å²) >= 11 is 0. The van der Waals surface area contributed by atoms with Crippen molar-refractivity contribution in [1.82, 2.24) is 15.2 Å². The summed E-state index contributed by atoms with van der Waals surface area (Å²) < 4.78 is 40.5. The number of rotatable bonds is 4. The van der Waals surface area contributed by atoms with Gasteiger partial charge in [-0.2, -0.15) is 13.2 Å². The molecule has 1 unspecified atom stereocenters. The number of pyridine rings is 1. The van der Waals surface area contributed by atoms with Crippen molar-refractivity contribution in [3.8, 4) is 0 Å². The van der Waals surface area contributed by atoms with Crippen LogP contribution in [0, 0.1) is 0 Å². The van der Waals surface area contributed by atoms with Gasteiger partial charge in [0.1, 0.15) is 11.9 Å². The minimum atomic E-state index is -4.51. The number of nitrogens with zero attached hydrogens (tertiary/aromatic N) is 2. The molecule has 5 N–H and O–H groups in total. The van der Waals surface area contributed by atoms with Crippen molar-refractivity contribution in [2.24, 2.45) is 5.84 Å². The van der Waals surface area contributed by atoms with Crippen LogP contribution in [0.3, 0.4) is 0 Å². The molecule has 1 aliphatic rings. The highest BCUT2D eigenvalue weighted by Gasteiger charge is 2.49. The molecule has 7 nitrogen and oxygen atoms in total. The number of hydrazine groups is 1. The molecule has 1 aliphatic heterocycles. The van der Waals surface area contributed by atoms with Crippen LogP contribution < -0.4 is 16.6 Å². The van der Waals surface area contributed by atoms with E-state index in [4.69, 9.17) is 10.9 Å². The molecule has 2 rings (SSSR count). The van der Waals surface area contributed by atoms with Crippen LogP contribution in [0.5, 0.6) is 0 Å². The third kappa shape index (κ3) is 4.02. The van der Waals surface area contributed by atoms with Crippen molar-refractivity contribution in [2.75, 3.05) is 18.5 Å². The maximum absolute atomic E-state index is 13.5. The summed E-state index contributed by atoms with van der Waals surface area (Å²) in [6.07, 6.45) is -4.35. The maximum atomic E-state index is 13.5.